The summed E-state index contributed by atoms with van der Waals surface area (Å²) >= 11 is 0. The first kappa shape index (κ1) is 38.5. The van der Waals surface area contributed by atoms with Crippen LogP contribution in [0.5, 0.6) is 17.2 Å². The monoisotopic (exact) mass is 762 g/mol. The molecule has 0 unspecified atom stereocenters. The zero-order valence-corrected chi connectivity index (χ0v) is 32.3. The van der Waals surface area contributed by atoms with E-state index in [0.29, 0.717) is 5.56 Å². The first-order valence-electron chi connectivity index (χ1n) is 19.2. The Kier molecular flexibility index (Phi) is 8.96. The van der Waals surface area contributed by atoms with E-state index in [9.17, 15) is 15.3 Å². The topological polar surface area (TPSA) is 86.5 Å². The Morgan fingerprint density at radius 2 is 0.787 bits per heavy atom. The van der Waals surface area contributed by atoms with E-state index in [1.807, 2.05) is 54.6 Å². The molecule has 0 aliphatic carbocycles. The quantitative estimate of drug-likeness (QED) is 0.146. The van der Waals surface area contributed by atoms with Crippen molar-refractivity contribution in [1.82, 2.24) is 9.97 Å². The molecular formula is C48H22B8N2O3. The van der Waals surface area contributed by atoms with Gasteiger partial charge in [-0.15, -0.1) is 5.46 Å². The Balaban J connectivity index is 1.27. The lowest BCUT2D eigenvalue weighted by Gasteiger charge is -2.23. The predicted molar refractivity (Wildman–Crippen MR) is 259 cm³/mol. The molecule has 266 valence electrons. The van der Waals surface area contributed by atoms with Crippen molar-refractivity contribution in [2.45, 2.75) is 0 Å². The first-order valence-corrected chi connectivity index (χ1v) is 19.2. The third kappa shape index (κ3) is 5.52. The van der Waals surface area contributed by atoms with Crippen LogP contribution in [0.4, 0.5) is 0 Å². The van der Waals surface area contributed by atoms with E-state index in [0.717, 1.165) is 54.6 Å². The molecule has 0 atom stereocenters. The number of nitrogens with zero attached hydrogens (tertiary/aromatic N) is 2. The molecule has 8 aromatic carbocycles. The van der Waals surface area contributed by atoms with Crippen LogP contribution < -0.4 is 43.7 Å². The van der Waals surface area contributed by atoms with E-state index in [2.05, 4.69) is 60.7 Å². The molecule has 3 N–H and O–H groups in total. The average Bonchev–Trinajstić information content (AvgIpc) is 3.28. The lowest BCUT2D eigenvalue weighted by Crippen LogP contribution is -2.46. The minimum atomic E-state index is -0.530. The molecule has 10 rings (SSSR count). The highest BCUT2D eigenvalue weighted by molar-refractivity contribution is 6.64. The Morgan fingerprint density at radius 1 is 0.311 bits per heavy atom. The van der Waals surface area contributed by atoms with Crippen molar-refractivity contribution in [3.63, 3.8) is 0 Å². The highest BCUT2D eigenvalue weighted by Gasteiger charge is 2.26. The lowest BCUT2D eigenvalue weighted by molar-refractivity contribution is 0.468. The molecule has 0 bridgehead atoms. The number of aromatic nitrogens is 2. The largest absolute Gasteiger partial charge is 0.509 e. The summed E-state index contributed by atoms with van der Waals surface area (Å²) in [5.74, 6) is -1.54. The second kappa shape index (κ2) is 14.2. The van der Waals surface area contributed by atoms with E-state index in [-0.39, 0.29) is 82.5 Å². The smallest absolute Gasteiger partial charge is 0.123 e. The summed E-state index contributed by atoms with van der Waals surface area (Å²) in [5, 5.41) is 40.1. The summed E-state index contributed by atoms with van der Waals surface area (Å²) in [5.41, 5.74) is 3.69. The standard InChI is InChI=1S/C48H22B8N2O3/c49-34-31(37(52)48(61)40(55)38(34)53)43-39(54)35(50)32-36(51)46(59)33-45(44(32)58-43)57-42(41(56)47(33)60)28-19-18-27(21-12-4-5-13-22(21)28)30-25-16-8-6-14-23(25)29(20-10-2-1-3-11-20)24-15-7-9-17-26(24)30/h1-19,59,61H,(H,57,60). The fraction of sp³-hybridized carbons (Fsp3) is 0. The molecule has 10 aromatic rings. The second-order valence-corrected chi connectivity index (χ2v) is 15.0. The molecule has 5 nitrogen and oxygen atoms in total. The fourth-order valence-electron chi connectivity index (χ4n) is 8.82. The number of phenols is 2. The Labute approximate surface area is 361 Å². The number of rotatable bonds is 4. The van der Waals surface area contributed by atoms with Crippen LogP contribution in [0.25, 0.3) is 98.9 Å². The third-order valence-electron chi connectivity index (χ3n) is 11.8. The summed E-state index contributed by atoms with van der Waals surface area (Å²) in [7, 11) is 51.2. The maximum atomic E-state index is 11.9. The van der Waals surface area contributed by atoms with Crippen molar-refractivity contribution in [1.29, 1.82) is 0 Å². The van der Waals surface area contributed by atoms with Crippen molar-refractivity contribution in [3.8, 4) is 62.0 Å². The molecule has 0 aliphatic rings. The fourth-order valence-corrected chi connectivity index (χ4v) is 8.82. The van der Waals surface area contributed by atoms with E-state index in [4.69, 9.17) is 72.7 Å². The van der Waals surface area contributed by atoms with Gasteiger partial charge in [0.15, 0.2) is 0 Å². The first-order chi connectivity index (χ1) is 29.4. The normalized spacial score (nSPS) is 11.7. The van der Waals surface area contributed by atoms with Crippen molar-refractivity contribution >= 4 is 161 Å². The number of fused-ring (bicyclic) bond motifs is 6. The van der Waals surface area contributed by atoms with Crippen LogP contribution in [-0.2, 0) is 0 Å². The van der Waals surface area contributed by atoms with Crippen LogP contribution in [0.3, 0.4) is 0 Å². The third-order valence-corrected chi connectivity index (χ3v) is 11.8. The lowest BCUT2D eigenvalue weighted by atomic mass is 9.64. The van der Waals surface area contributed by atoms with Crippen molar-refractivity contribution < 1.29 is 15.3 Å². The van der Waals surface area contributed by atoms with Gasteiger partial charge in [0, 0.05) is 5.56 Å². The van der Waals surface area contributed by atoms with E-state index >= 15 is 0 Å². The van der Waals surface area contributed by atoms with Crippen molar-refractivity contribution in [2.75, 3.05) is 0 Å². The molecule has 13 heteroatoms. The summed E-state index contributed by atoms with van der Waals surface area (Å²) < 4.78 is 0. The van der Waals surface area contributed by atoms with E-state index in [1.54, 1.807) is 0 Å². The molecular weight excluding hydrogens is 739 g/mol. The summed E-state index contributed by atoms with van der Waals surface area (Å²) in [6.07, 6.45) is 0. The van der Waals surface area contributed by atoms with E-state index in [1.165, 1.54) is 0 Å². The van der Waals surface area contributed by atoms with Gasteiger partial charge < -0.3 is 15.3 Å². The Hall–Kier alpha value is -6.72. The molecule has 2 heterocycles. The second-order valence-electron chi connectivity index (χ2n) is 15.0. The van der Waals surface area contributed by atoms with Crippen LogP contribution in [0.2, 0.25) is 0 Å². The van der Waals surface area contributed by atoms with Crippen LogP contribution >= 0.6 is 0 Å². The molecule has 61 heavy (non-hydrogen) atoms. The summed E-state index contributed by atoms with van der Waals surface area (Å²) in [4.78, 5) is 9.82. The zero-order valence-electron chi connectivity index (χ0n) is 32.3. The van der Waals surface area contributed by atoms with Crippen LogP contribution in [0.15, 0.2) is 115 Å². The van der Waals surface area contributed by atoms with Crippen LogP contribution in [0.1, 0.15) is 0 Å². The number of pyridine rings is 2. The van der Waals surface area contributed by atoms with Gasteiger partial charge in [0.25, 0.3) is 0 Å². The molecule has 16 radical (unpaired) electrons. The molecule has 0 aliphatic heterocycles. The number of aromatic hydroxyl groups is 3. The summed E-state index contributed by atoms with van der Waals surface area (Å²) in [6, 6.07) is 39.1. The SMILES string of the molecule is [B]c1c([B])c(O)c([B])c(-c2nc3c(c([B])c2[B])c([B])c(O)c2c(O)c([B])c(-c4ccc(-c5c6ccccc6c(-c6ccccc6)c6ccccc56)c5ccccc45)nc23)c1[B]. The highest BCUT2D eigenvalue weighted by Crippen LogP contribution is 2.46. The predicted octanol–water partition coefficient (Wildman–Crippen LogP) is 2.38. The summed E-state index contributed by atoms with van der Waals surface area (Å²) in [6.45, 7) is 0. The average molecular weight is 761 g/mol. The molecule has 0 saturated carbocycles. The molecule has 0 amide bonds. The van der Waals surface area contributed by atoms with Gasteiger partial charge in [-0.1, -0.05) is 137 Å². The van der Waals surface area contributed by atoms with Gasteiger partial charge in [-0.3, -0.25) is 0 Å². The van der Waals surface area contributed by atoms with Crippen LogP contribution in [-0.4, -0.2) is 88.1 Å². The number of benzene rings is 8. The van der Waals surface area contributed by atoms with Gasteiger partial charge in [-0.25, -0.2) is 9.97 Å². The molecule has 2 aromatic heterocycles. The van der Waals surface area contributed by atoms with Gasteiger partial charge in [0.1, 0.15) is 85.5 Å². The maximum absolute atomic E-state index is 11.9. The number of phenolic OH excluding ortho intramolecular Hbond substituents is 2. The van der Waals surface area contributed by atoms with Crippen molar-refractivity contribution in [3.05, 3.63) is 115 Å². The maximum Gasteiger partial charge on any atom is 0.123 e. The van der Waals surface area contributed by atoms with Gasteiger partial charge >= 0.3 is 0 Å². The molecule has 0 spiro atoms. The van der Waals surface area contributed by atoms with Gasteiger partial charge in [-0.2, -0.15) is 0 Å². The van der Waals surface area contributed by atoms with Gasteiger partial charge in [0.05, 0.1) is 22.3 Å². The van der Waals surface area contributed by atoms with Gasteiger partial charge in [0.2, 0.25) is 0 Å². The van der Waals surface area contributed by atoms with Crippen LogP contribution in [0, 0.1) is 0 Å². The molecule has 0 saturated heterocycles. The Morgan fingerprint density at radius 3 is 1.39 bits per heavy atom. The Bertz CT molecular complexity index is 3480. The molecule has 0 fully saturated rings. The minimum Gasteiger partial charge on any atom is -0.509 e. The van der Waals surface area contributed by atoms with E-state index < -0.39 is 17.2 Å². The zero-order chi connectivity index (χ0) is 42.6. The highest BCUT2D eigenvalue weighted by atomic mass is 16.3. The number of hydrogen-bond donors (Lipinski definition) is 3. The van der Waals surface area contributed by atoms with Gasteiger partial charge in [-0.05, 0) is 81.9 Å². The number of hydrogen-bond acceptors (Lipinski definition) is 5. The minimum absolute atomic E-state index is 0.0113. The van der Waals surface area contributed by atoms with Crippen molar-refractivity contribution in [2.24, 2.45) is 0 Å².